The molecule has 5 heteroatoms. The summed E-state index contributed by atoms with van der Waals surface area (Å²) in [5, 5.41) is 3.49. The number of hydrogen-bond donors (Lipinski definition) is 1. The summed E-state index contributed by atoms with van der Waals surface area (Å²) in [5.74, 6) is 0.652. The van der Waals surface area contributed by atoms with Crippen molar-refractivity contribution in [2.45, 2.75) is 140 Å². The zero-order chi connectivity index (χ0) is 34.8. The Hall–Kier alpha value is -2.37. The third kappa shape index (κ3) is 12.7. The van der Waals surface area contributed by atoms with Crippen molar-refractivity contribution in [3.05, 3.63) is 72.9 Å². The molecule has 0 spiro atoms. The van der Waals surface area contributed by atoms with Gasteiger partial charge in [-0.2, -0.15) is 0 Å². The van der Waals surface area contributed by atoms with Gasteiger partial charge >= 0.3 is 6.09 Å². The monoisotopic (exact) mass is 640 g/mol. The van der Waals surface area contributed by atoms with Gasteiger partial charge in [-0.05, 0) is 81.1 Å². The van der Waals surface area contributed by atoms with Gasteiger partial charge in [0.1, 0.15) is 6.61 Å². The van der Waals surface area contributed by atoms with Crippen LogP contribution in [0, 0.1) is 28.1 Å². The van der Waals surface area contributed by atoms with Crippen LogP contribution in [-0.4, -0.2) is 31.6 Å². The maximum absolute atomic E-state index is 13.5. The number of ether oxygens (including phenoxy) is 3. The van der Waals surface area contributed by atoms with Crippen molar-refractivity contribution in [1.29, 1.82) is 0 Å². The average Bonchev–Trinajstić information content (AvgIpc) is 3.04. The van der Waals surface area contributed by atoms with Gasteiger partial charge in [0.05, 0.1) is 13.2 Å². The van der Waals surface area contributed by atoms with Gasteiger partial charge in [-0.1, -0.05) is 123 Å². The zero-order valence-electron chi connectivity index (χ0n) is 31.3. The molecule has 3 atom stereocenters. The Morgan fingerprint density at radius 2 is 1.52 bits per heavy atom. The molecule has 1 amide bonds. The Balaban J connectivity index is 0.00000140. The molecule has 3 aliphatic rings. The SMILES string of the molecule is C=C/C=C(\C)C1(C(NC(=O)OCc2ccccc2)C2CCCC(C3OCCCO3)C2)CC(C)(C)CC(C)(C)C1.C=CC.CC.CC. The lowest BCUT2D eigenvalue weighted by molar-refractivity contribution is -0.212. The van der Waals surface area contributed by atoms with E-state index in [4.69, 9.17) is 14.2 Å². The van der Waals surface area contributed by atoms with Crippen molar-refractivity contribution in [3.63, 3.8) is 0 Å². The first-order valence-corrected chi connectivity index (χ1v) is 18.0. The summed E-state index contributed by atoms with van der Waals surface area (Å²) < 4.78 is 18.0. The third-order valence-corrected chi connectivity index (χ3v) is 9.24. The molecule has 262 valence electrons. The van der Waals surface area contributed by atoms with Crippen LogP contribution >= 0.6 is 0 Å². The maximum atomic E-state index is 13.5. The molecule has 3 fully saturated rings. The molecule has 46 heavy (non-hydrogen) atoms. The summed E-state index contributed by atoms with van der Waals surface area (Å²) in [6, 6.07) is 9.85. The summed E-state index contributed by atoms with van der Waals surface area (Å²) in [6.45, 7) is 30.9. The number of allylic oxidation sites excluding steroid dienone is 3. The highest BCUT2D eigenvalue weighted by molar-refractivity contribution is 5.68. The van der Waals surface area contributed by atoms with E-state index in [2.05, 4.69) is 59.2 Å². The van der Waals surface area contributed by atoms with E-state index in [0.29, 0.717) is 11.8 Å². The minimum absolute atomic E-state index is 0.0535. The second-order valence-corrected chi connectivity index (χ2v) is 14.3. The molecule has 1 aromatic carbocycles. The maximum Gasteiger partial charge on any atom is 0.407 e. The fourth-order valence-electron chi connectivity index (χ4n) is 8.47. The van der Waals surface area contributed by atoms with Crippen LogP contribution in [0.3, 0.4) is 0 Å². The molecule has 4 rings (SSSR count). The number of carbonyl (C=O) groups excluding carboxylic acids is 1. The molecule has 1 aliphatic heterocycles. The van der Waals surface area contributed by atoms with E-state index in [9.17, 15) is 4.79 Å². The van der Waals surface area contributed by atoms with Gasteiger partial charge in [0.15, 0.2) is 6.29 Å². The van der Waals surface area contributed by atoms with E-state index >= 15 is 0 Å². The lowest BCUT2D eigenvalue weighted by Crippen LogP contribution is -2.58. The van der Waals surface area contributed by atoms with Crippen molar-refractivity contribution in [1.82, 2.24) is 5.32 Å². The van der Waals surface area contributed by atoms with E-state index in [1.165, 1.54) is 5.57 Å². The first-order chi connectivity index (χ1) is 21.9. The highest BCUT2D eigenvalue weighted by atomic mass is 16.7. The third-order valence-electron chi connectivity index (χ3n) is 9.24. The Morgan fingerprint density at radius 3 is 2.07 bits per heavy atom. The van der Waals surface area contributed by atoms with E-state index in [1.54, 1.807) is 6.08 Å². The zero-order valence-corrected chi connectivity index (χ0v) is 31.3. The predicted octanol–water partition coefficient (Wildman–Crippen LogP) is 11.5. The standard InChI is InChI=1S/C34H51NO4.C3H6.2C2H6/c1-7-13-25(2)34(23-32(3,4)22-33(5,6)24-34)29(35-31(36)39-21-26-14-9-8-10-15-26)27-16-11-17-28(20-27)30-37-18-12-19-38-30;1-3-2;2*1-2/h7-10,13-15,27-30H,1,11-12,16-24H2,2-6H3,(H,35,36);3H,1H2,2H3;2*1-2H3/b25-13+;;;. The highest BCUT2D eigenvalue weighted by Gasteiger charge is 2.55. The number of rotatable bonds is 8. The topological polar surface area (TPSA) is 56.8 Å². The number of carbonyl (C=O) groups is 1. The quantitative estimate of drug-likeness (QED) is 0.227. The van der Waals surface area contributed by atoms with E-state index in [0.717, 1.165) is 70.1 Å². The summed E-state index contributed by atoms with van der Waals surface area (Å²) in [6.07, 6.45) is 13.8. The molecule has 5 nitrogen and oxygen atoms in total. The van der Waals surface area contributed by atoms with Crippen molar-refractivity contribution in [2.24, 2.45) is 28.1 Å². The summed E-state index contributed by atoms with van der Waals surface area (Å²) in [7, 11) is 0. The Morgan fingerprint density at radius 1 is 0.957 bits per heavy atom. The van der Waals surface area contributed by atoms with Gasteiger partial charge in [0, 0.05) is 17.4 Å². The van der Waals surface area contributed by atoms with Gasteiger partial charge in [0.2, 0.25) is 0 Å². The summed E-state index contributed by atoms with van der Waals surface area (Å²) in [5.41, 5.74) is 2.36. The number of hydrogen-bond acceptors (Lipinski definition) is 4. The molecule has 3 unspecified atom stereocenters. The second kappa shape index (κ2) is 20.8. The van der Waals surface area contributed by atoms with Crippen LogP contribution in [0.15, 0.2) is 67.3 Å². The largest absolute Gasteiger partial charge is 0.445 e. The number of benzene rings is 1. The van der Waals surface area contributed by atoms with E-state index < -0.39 is 0 Å². The van der Waals surface area contributed by atoms with Crippen molar-refractivity contribution >= 4 is 6.09 Å². The second-order valence-electron chi connectivity index (χ2n) is 14.3. The lowest BCUT2D eigenvalue weighted by atomic mass is 9.49. The van der Waals surface area contributed by atoms with Crippen molar-refractivity contribution in [3.8, 4) is 0 Å². The summed E-state index contributed by atoms with van der Waals surface area (Å²) >= 11 is 0. The van der Waals surface area contributed by atoms with Crippen LogP contribution in [0.4, 0.5) is 4.79 Å². The molecule has 1 N–H and O–H groups in total. The predicted molar refractivity (Wildman–Crippen MR) is 196 cm³/mol. The van der Waals surface area contributed by atoms with Crippen LogP contribution in [0.2, 0.25) is 0 Å². The van der Waals surface area contributed by atoms with Gasteiger partial charge in [-0.3, -0.25) is 0 Å². The number of alkyl carbamates (subject to hydrolysis) is 1. The molecule has 0 radical (unpaired) electrons. The van der Waals surface area contributed by atoms with Gasteiger partial charge in [-0.25, -0.2) is 4.79 Å². The van der Waals surface area contributed by atoms with E-state index in [1.807, 2.05) is 71.0 Å². The van der Waals surface area contributed by atoms with E-state index in [-0.39, 0.29) is 41.3 Å². The fraction of sp³-hybridized carbons (Fsp3) is 0.683. The van der Waals surface area contributed by atoms with Crippen LogP contribution < -0.4 is 5.32 Å². The Labute approximate surface area is 283 Å². The van der Waals surface area contributed by atoms with Crippen LogP contribution in [-0.2, 0) is 20.8 Å². The van der Waals surface area contributed by atoms with Crippen LogP contribution in [0.25, 0.3) is 0 Å². The van der Waals surface area contributed by atoms with Crippen molar-refractivity contribution in [2.75, 3.05) is 13.2 Å². The lowest BCUT2D eigenvalue weighted by Gasteiger charge is -2.58. The van der Waals surface area contributed by atoms with Gasteiger partial charge < -0.3 is 19.5 Å². The van der Waals surface area contributed by atoms with Crippen LogP contribution in [0.1, 0.15) is 126 Å². The fourth-order valence-corrected chi connectivity index (χ4v) is 8.47. The molecule has 1 aromatic rings. The molecule has 1 saturated heterocycles. The number of nitrogens with one attached hydrogen (secondary N) is 1. The first-order valence-electron chi connectivity index (χ1n) is 18.0. The molecular formula is C41H69NO4. The molecule has 0 bridgehead atoms. The van der Waals surface area contributed by atoms with Crippen molar-refractivity contribution < 1.29 is 19.0 Å². The smallest absolute Gasteiger partial charge is 0.407 e. The Bertz CT molecular complexity index is 1020. The van der Waals surface area contributed by atoms with Crippen LogP contribution in [0.5, 0.6) is 0 Å². The molecular weight excluding hydrogens is 570 g/mol. The average molecular weight is 640 g/mol. The molecule has 1 heterocycles. The normalized spacial score (nSPS) is 24.1. The number of amides is 1. The minimum atomic E-state index is -0.330. The van der Waals surface area contributed by atoms with Gasteiger partial charge in [0.25, 0.3) is 0 Å². The summed E-state index contributed by atoms with van der Waals surface area (Å²) in [4.78, 5) is 13.5. The minimum Gasteiger partial charge on any atom is -0.445 e. The molecule has 2 aliphatic carbocycles. The first kappa shape index (κ1) is 41.7. The molecule has 2 saturated carbocycles. The highest BCUT2D eigenvalue weighted by Crippen LogP contribution is 2.60. The Kier molecular flexibility index (Phi) is 18.8. The van der Waals surface area contributed by atoms with Gasteiger partial charge in [-0.15, -0.1) is 6.58 Å². The molecule has 0 aromatic heterocycles.